The van der Waals surface area contributed by atoms with Crippen molar-refractivity contribution >= 4 is 5.91 Å². The number of nitrogens with zero attached hydrogens (tertiary/aromatic N) is 2. The van der Waals surface area contributed by atoms with E-state index in [1.165, 1.54) is 5.56 Å². The number of aromatic nitrogens is 2. The van der Waals surface area contributed by atoms with Gasteiger partial charge in [0.1, 0.15) is 6.04 Å². The molecule has 1 aromatic carbocycles. The summed E-state index contributed by atoms with van der Waals surface area (Å²) in [7, 11) is 0. The molecule has 0 bridgehead atoms. The number of hydrogen-bond acceptors (Lipinski definition) is 4. The van der Waals surface area contributed by atoms with E-state index in [4.69, 9.17) is 4.52 Å². The van der Waals surface area contributed by atoms with Crippen molar-refractivity contribution in [2.24, 2.45) is 0 Å². The second kappa shape index (κ2) is 6.32. The maximum atomic E-state index is 11.5. The number of rotatable bonds is 5. The Hall–Kier alpha value is -2.17. The molecule has 1 heterocycles. The molecular formula is C15H19N3O2. The molecule has 2 aromatic rings. The average molecular weight is 273 g/mol. The van der Waals surface area contributed by atoms with Crippen LogP contribution in [0, 0.1) is 6.92 Å². The van der Waals surface area contributed by atoms with Gasteiger partial charge in [-0.1, -0.05) is 41.9 Å². The molecule has 1 N–H and O–H groups in total. The summed E-state index contributed by atoms with van der Waals surface area (Å²) in [5.74, 6) is 0.955. The molecule has 20 heavy (non-hydrogen) atoms. The molecule has 1 aromatic heterocycles. The Balaban J connectivity index is 2.08. The fraction of sp³-hybridized carbons (Fsp3) is 0.400. The van der Waals surface area contributed by atoms with Crippen LogP contribution in [-0.4, -0.2) is 16.0 Å². The van der Waals surface area contributed by atoms with Gasteiger partial charge in [0.25, 0.3) is 0 Å². The topological polar surface area (TPSA) is 68.0 Å². The lowest BCUT2D eigenvalue weighted by molar-refractivity contribution is -0.121. The van der Waals surface area contributed by atoms with Gasteiger partial charge in [-0.25, -0.2) is 0 Å². The molecule has 0 aliphatic heterocycles. The standard InChI is InChI=1S/C15H19N3O2/c1-4-5-13(19)16-11(3)15-17-14(18-20-15)12-8-6-10(2)7-9-12/h6-9,11H,4-5H2,1-3H3,(H,16,19)/t11-/m0/s1. The zero-order valence-corrected chi connectivity index (χ0v) is 12.0. The Labute approximate surface area is 118 Å². The van der Waals surface area contributed by atoms with Crippen molar-refractivity contribution in [2.45, 2.75) is 39.7 Å². The average Bonchev–Trinajstić information content (AvgIpc) is 2.89. The first-order valence-corrected chi connectivity index (χ1v) is 6.80. The summed E-state index contributed by atoms with van der Waals surface area (Å²) < 4.78 is 5.21. The van der Waals surface area contributed by atoms with Crippen LogP contribution in [0.2, 0.25) is 0 Å². The van der Waals surface area contributed by atoms with E-state index >= 15 is 0 Å². The van der Waals surface area contributed by atoms with Crippen molar-refractivity contribution in [2.75, 3.05) is 0 Å². The molecule has 0 radical (unpaired) electrons. The van der Waals surface area contributed by atoms with Crippen molar-refractivity contribution in [1.29, 1.82) is 0 Å². The van der Waals surface area contributed by atoms with Crippen LogP contribution in [0.25, 0.3) is 11.4 Å². The van der Waals surface area contributed by atoms with Gasteiger partial charge in [0.05, 0.1) is 0 Å². The van der Waals surface area contributed by atoms with E-state index in [9.17, 15) is 4.79 Å². The van der Waals surface area contributed by atoms with E-state index in [1.54, 1.807) is 0 Å². The van der Waals surface area contributed by atoms with Crippen LogP contribution < -0.4 is 5.32 Å². The molecule has 106 valence electrons. The summed E-state index contributed by atoms with van der Waals surface area (Å²) >= 11 is 0. The molecule has 0 saturated carbocycles. The van der Waals surface area contributed by atoms with Gasteiger partial charge in [0.2, 0.25) is 17.6 Å². The molecule has 2 rings (SSSR count). The van der Waals surface area contributed by atoms with Crippen LogP contribution in [0.1, 0.15) is 44.2 Å². The quantitative estimate of drug-likeness (QED) is 0.909. The lowest BCUT2D eigenvalue weighted by atomic mass is 10.1. The van der Waals surface area contributed by atoms with E-state index in [0.29, 0.717) is 18.1 Å². The van der Waals surface area contributed by atoms with Crippen molar-refractivity contribution in [1.82, 2.24) is 15.5 Å². The minimum atomic E-state index is -0.277. The minimum absolute atomic E-state index is 0.00455. The lowest BCUT2D eigenvalue weighted by Crippen LogP contribution is -2.26. The molecular weight excluding hydrogens is 254 g/mol. The van der Waals surface area contributed by atoms with E-state index < -0.39 is 0 Å². The highest BCUT2D eigenvalue weighted by Gasteiger charge is 2.16. The normalized spacial score (nSPS) is 12.2. The highest BCUT2D eigenvalue weighted by molar-refractivity contribution is 5.76. The van der Waals surface area contributed by atoms with Gasteiger partial charge >= 0.3 is 0 Å². The number of carbonyl (C=O) groups is 1. The zero-order valence-electron chi connectivity index (χ0n) is 12.0. The Morgan fingerprint density at radius 3 is 2.70 bits per heavy atom. The second-order valence-corrected chi connectivity index (χ2v) is 4.86. The molecule has 0 saturated heterocycles. The number of hydrogen-bond donors (Lipinski definition) is 1. The molecule has 0 spiro atoms. The van der Waals surface area contributed by atoms with Gasteiger partial charge in [0.15, 0.2) is 0 Å². The largest absolute Gasteiger partial charge is 0.345 e. The third kappa shape index (κ3) is 3.44. The van der Waals surface area contributed by atoms with E-state index in [-0.39, 0.29) is 11.9 Å². The predicted octanol–water partition coefficient (Wildman–Crippen LogP) is 3.02. The number of benzene rings is 1. The van der Waals surface area contributed by atoms with Crippen molar-refractivity contribution in [3.8, 4) is 11.4 Å². The third-order valence-electron chi connectivity index (χ3n) is 2.98. The fourth-order valence-electron chi connectivity index (χ4n) is 1.83. The van der Waals surface area contributed by atoms with Crippen LogP contribution in [0.3, 0.4) is 0 Å². The molecule has 1 atom stereocenters. The minimum Gasteiger partial charge on any atom is -0.345 e. The fourth-order valence-corrected chi connectivity index (χ4v) is 1.83. The van der Waals surface area contributed by atoms with Crippen molar-refractivity contribution in [3.63, 3.8) is 0 Å². The van der Waals surface area contributed by atoms with Crippen LogP contribution in [0.5, 0.6) is 0 Å². The van der Waals surface area contributed by atoms with Crippen molar-refractivity contribution in [3.05, 3.63) is 35.7 Å². The van der Waals surface area contributed by atoms with E-state index in [0.717, 1.165) is 12.0 Å². The molecule has 0 aliphatic carbocycles. The summed E-state index contributed by atoms with van der Waals surface area (Å²) in [6.07, 6.45) is 1.32. The molecule has 5 heteroatoms. The molecule has 0 aliphatic rings. The summed E-state index contributed by atoms with van der Waals surface area (Å²) in [5.41, 5.74) is 2.08. The monoisotopic (exact) mass is 273 g/mol. The zero-order chi connectivity index (χ0) is 14.5. The number of amides is 1. The Morgan fingerprint density at radius 2 is 2.05 bits per heavy atom. The molecule has 1 amide bonds. The first kappa shape index (κ1) is 14.2. The highest BCUT2D eigenvalue weighted by atomic mass is 16.5. The van der Waals surface area contributed by atoms with Crippen LogP contribution >= 0.6 is 0 Å². The number of carbonyl (C=O) groups excluding carboxylic acids is 1. The molecule has 0 unspecified atom stereocenters. The Bertz CT molecular complexity index is 575. The Kier molecular flexibility index (Phi) is 4.50. The third-order valence-corrected chi connectivity index (χ3v) is 2.98. The summed E-state index contributed by atoms with van der Waals surface area (Å²) in [4.78, 5) is 15.9. The van der Waals surface area contributed by atoms with Crippen LogP contribution in [-0.2, 0) is 4.79 Å². The Morgan fingerprint density at radius 1 is 1.35 bits per heavy atom. The van der Waals surface area contributed by atoms with Gasteiger partial charge < -0.3 is 9.84 Å². The highest BCUT2D eigenvalue weighted by Crippen LogP contribution is 2.19. The number of nitrogens with one attached hydrogen (secondary N) is 1. The van der Waals surface area contributed by atoms with E-state index in [1.807, 2.05) is 45.0 Å². The van der Waals surface area contributed by atoms with Gasteiger partial charge in [0, 0.05) is 12.0 Å². The van der Waals surface area contributed by atoms with Gasteiger partial charge in [-0.05, 0) is 20.3 Å². The second-order valence-electron chi connectivity index (χ2n) is 4.86. The van der Waals surface area contributed by atoms with Gasteiger partial charge in [-0.2, -0.15) is 4.98 Å². The summed E-state index contributed by atoms with van der Waals surface area (Å²) in [5, 5.41) is 6.79. The maximum Gasteiger partial charge on any atom is 0.249 e. The first-order valence-electron chi connectivity index (χ1n) is 6.80. The van der Waals surface area contributed by atoms with E-state index in [2.05, 4.69) is 15.5 Å². The summed E-state index contributed by atoms with van der Waals surface area (Å²) in [6.45, 7) is 5.82. The maximum absolute atomic E-state index is 11.5. The first-order chi connectivity index (χ1) is 9.60. The van der Waals surface area contributed by atoms with Crippen LogP contribution in [0.4, 0.5) is 0 Å². The predicted molar refractivity (Wildman–Crippen MR) is 75.9 cm³/mol. The van der Waals surface area contributed by atoms with Crippen LogP contribution in [0.15, 0.2) is 28.8 Å². The molecule has 0 fully saturated rings. The van der Waals surface area contributed by atoms with Gasteiger partial charge in [-0.3, -0.25) is 4.79 Å². The SMILES string of the molecule is CCCC(=O)N[C@@H](C)c1nc(-c2ccc(C)cc2)no1. The molecule has 5 nitrogen and oxygen atoms in total. The summed E-state index contributed by atoms with van der Waals surface area (Å²) in [6, 6.07) is 7.62. The smallest absolute Gasteiger partial charge is 0.249 e. The number of aryl methyl sites for hydroxylation is 1. The lowest BCUT2D eigenvalue weighted by Gasteiger charge is -2.08. The van der Waals surface area contributed by atoms with Crippen molar-refractivity contribution < 1.29 is 9.32 Å². The van der Waals surface area contributed by atoms with Gasteiger partial charge in [-0.15, -0.1) is 0 Å².